The molecule has 0 spiro atoms. The molecule has 0 fully saturated rings. The topological polar surface area (TPSA) is 46.1 Å². The average Bonchev–Trinajstić information content (AvgIpc) is 2.76. The van der Waals surface area contributed by atoms with Gasteiger partial charge in [-0.3, -0.25) is 4.79 Å². The minimum absolute atomic E-state index is 0.0957. The summed E-state index contributed by atoms with van der Waals surface area (Å²) in [5.74, 6) is 0.0957. The van der Waals surface area contributed by atoms with Gasteiger partial charge in [0.1, 0.15) is 11.4 Å². The highest BCUT2D eigenvalue weighted by atomic mass is 32.2. The fraction of sp³-hybridized carbons (Fsp3) is 0.364. The van der Waals surface area contributed by atoms with Crippen LogP contribution in [0.1, 0.15) is 6.92 Å². The fourth-order valence-corrected chi connectivity index (χ4v) is 3.41. The molecule has 0 unspecified atom stereocenters. The molecule has 0 aliphatic heterocycles. The van der Waals surface area contributed by atoms with Crippen LogP contribution in [0.2, 0.25) is 0 Å². The van der Waals surface area contributed by atoms with Gasteiger partial charge in [-0.25, -0.2) is 9.97 Å². The molecule has 0 radical (unpaired) electrons. The van der Waals surface area contributed by atoms with Crippen LogP contribution in [0.4, 0.5) is 0 Å². The molecule has 2 rings (SSSR count). The first-order chi connectivity index (χ1) is 8.09. The van der Waals surface area contributed by atoms with Gasteiger partial charge in [0.05, 0.1) is 15.5 Å². The van der Waals surface area contributed by atoms with Gasteiger partial charge >= 0.3 is 0 Å². The third-order valence-corrected chi connectivity index (χ3v) is 4.41. The van der Waals surface area contributed by atoms with Crippen molar-refractivity contribution in [3.63, 3.8) is 0 Å². The van der Waals surface area contributed by atoms with Crippen LogP contribution in [0.15, 0.2) is 22.8 Å². The number of amides is 1. The fourth-order valence-electron chi connectivity index (χ4n) is 1.43. The van der Waals surface area contributed by atoms with E-state index in [1.165, 1.54) is 11.8 Å². The van der Waals surface area contributed by atoms with Crippen molar-refractivity contribution in [3.8, 4) is 0 Å². The Labute approximate surface area is 108 Å². The van der Waals surface area contributed by atoms with E-state index >= 15 is 0 Å². The van der Waals surface area contributed by atoms with Crippen molar-refractivity contribution < 1.29 is 4.79 Å². The third kappa shape index (κ3) is 2.58. The van der Waals surface area contributed by atoms with Crippen molar-refractivity contribution in [3.05, 3.63) is 17.8 Å². The number of thiophene rings is 1. The second kappa shape index (κ2) is 5.01. The Kier molecular flexibility index (Phi) is 3.63. The van der Waals surface area contributed by atoms with Gasteiger partial charge in [0.25, 0.3) is 0 Å². The Bertz CT molecular complexity index is 538. The number of hydrogen-bond donors (Lipinski definition) is 0. The molecule has 2 aromatic rings. The van der Waals surface area contributed by atoms with E-state index in [0.29, 0.717) is 0 Å². The first-order valence-electron chi connectivity index (χ1n) is 5.15. The molecule has 0 aliphatic rings. The molecule has 0 bridgehead atoms. The van der Waals surface area contributed by atoms with Gasteiger partial charge in [-0.1, -0.05) is 11.8 Å². The van der Waals surface area contributed by atoms with E-state index in [2.05, 4.69) is 9.97 Å². The number of nitrogens with zero attached hydrogens (tertiary/aromatic N) is 3. The molecule has 0 N–H and O–H groups in total. The van der Waals surface area contributed by atoms with Crippen molar-refractivity contribution >= 4 is 39.2 Å². The van der Waals surface area contributed by atoms with Crippen molar-refractivity contribution in [2.45, 2.75) is 17.2 Å². The summed E-state index contributed by atoms with van der Waals surface area (Å²) in [7, 11) is 3.53. The minimum Gasteiger partial charge on any atom is -0.348 e. The first-order valence-corrected chi connectivity index (χ1v) is 6.91. The SMILES string of the molecule is C[C@@H](Sc1ncnc2ccsc12)C(=O)N(C)C. The number of carbonyl (C=O) groups excluding carboxylic acids is 1. The first kappa shape index (κ1) is 12.3. The zero-order valence-electron chi connectivity index (χ0n) is 9.88. The van der Waals surface area contributed by atoms with Crippen LogP contribution >= 0.6 is 23.1 Å². The number of thioether (sulfide) groups is 1. The molecule has 1 atom stereocenters. The Morgan fingerprint density at radius 3 is 2.94 bits per heavy atom. The van der Waals surface area contributed by atoms with Crippen LogP contribution in [0, 0.1) is 0 Å². The van der Waals surface area contributed by atoms with Crippen molar-refractivity contribution in [2.24, 2.45) is 0 Å². The van der Waals surface area contributed by atoms with Gasteiger partial charge < -0.3 is 4.90 Å². The zero-order chi connectivity index (χ0) is 12.4. The van der Waals surface area contributed by atoms with Gasteiger partial charge in [-0.15, -0.1) is 11.3 Å². The maximum Gasteiger partial charge on any atom is 0.235 e. The molecule has 0 aliphatic carbocycles. The molecule has 0 saturated carbocycles. The summed E-state index contributed by atoms with van der Waals surface area (Å²) in [5, 5.41) is 2.74. The van der Waals surface area contributed by atoms with E-state index in [-0.39, 0.29) is 11.2 Å². The van der Waals surface area contributed by atoms with Crippen molar-refractivity contribution in [1.82, 2.24) is 14.9 Å². The molecule has 2 heterocycles. The van der Waals surface area contributed by atoms with Gasteiger partial charge in [-0.05, 0) is 18.4 Å². The molecule has 4 nitrogen and oxygen atoms in total. The molecule has 90 valence electrons. The minimum atomic E-state index is -0.134. The standard InChI is InChI=1S/C11H13N3OS2/c1-7(11(15)14(2)3)17-10-9-8(4-5-16-9)12-6-13-10/h4-7H,1-3H3/t7-/m1/s1. The smallest absolute Gasteiger partial charge is 0.235 e. The van der Waals surface area contributed by atoms with Crippen LogP contribution in [0.5, 0.6) is 0 Å². The van der Waals surface area contributed by atoms with Gasteiger partial charge in [0, 0.05) is 14.1 Å². The Hall–Kier alpha value is -1.14. The van der Waals surface area contributed by atoms with E-state index in [9.17, 15) is 4.79 Å². The summed E-state index contributed by atoms with van der Waals surface area (Å²) in [5.41, 5.74) is 0.942. The monoisotopic (exact) mass is 267 g/mol. The second-order valence-corrected chi connectivity index (χ2v) is 6.05. The van der Waals surface area contributed by atoms with Gasteiger partial charge in [0.15, 0.2) is 0 Å². The van der Waals surface area contributed by atoms with Crippen molar-refractivity contribution in [1.29, 1.82) is 0 Å². The lowest BCUT2D eigenvalue weighted by Gasteiger charge is -2.15. The number of rotatable bonds is 3. The van der Waals surface area contributed by atoms with Crippen LogP contribution < -0.4 is 0 Å². The van der Waals surface area contributed by atoms with E-state index < -0.39 is 0 Å². The molecular formula is C11H13N3OS2. The van der Waals surface area contributed by atoms with Gasteiger partial charge in [0.2, 0.25) is 5.91 Å². The number of aromatic nitrogens is 2. The summed E-state index contributed by atoms with van der Waals surface area (Å²) in [6.07, 6.45) is 1.55. The van der Waals surface area contributed by atoms with Crippen LogP contribution in [-0.4, -0.2) is 40.1 Å². The van der Waals surface area contributed by atoms with Crippen LogP contribution in [-0.2, 0) is 4.79 Å². The molecule has 0 saturated heterocycles. The summed E-state index contributed by atoms with van der Waals surface area (Å²) in [6, 6.07) is 1.96. The maximum atomic E-state index is 11.8. The predicted molar refractivity (Wildman–Crippen MR) is 71.4 cm³/mol. The molecule has 6 heteroatoms. The normalized spacial score (nSPS) is 12.6. The summed E-state index contributed by atoms with van der Waals surface area (Å²) >= 11 is 3.09. The average molecular weight is 267 g/mol. The van der Waals surface area contributed by atoms with Crippen LogP contribution in [0.3, 0.4) is 0 Å². The van der Waals surface area contributed by atoms with E-state index in [1.54, 1.807) is 36.7 Å². The zero-order valence-corrected chi connectivity index (χ0v) is 11.5. The summed E-state index contributed by atoms with van der Waals surface area (Å²) in [4.78, 5) is 21.8. The molecule has 17 heavy (non-hydrogen) atoms. The molecular weight excluding hydrogens is 254 g/mol. The molecule has 1 amide bonds. The number of carbonyl (C=O) groups is 1. The number of hydrogen-bond acceptors (Lipinski definition) is 5. The third-order valence-electron chi connectivity index (χ3n) is 2.29. The Morgan fingerprint density at radius 1 is 1.47 bits per heavy atom. The molecule has 0 aromatic carbocycles. The quantitative estimate of drug-likeness (QED) is 0.632. The van der Waals surface area contributed by atoms with E-state index in [1.807, 2.05) is 18.4 Å². The van der Waals surface area contributed by atoms with E-state index in [4.69, 9.17) is 0 Å². The Morgan fingerprint density at radius 2 is 2.24 bits per heavy atom. The second-order valence-electron chi connectivity index (χ2n) is 3.81. The summed E-state index contributed by atoms with van der Waals surface area (Å²) < 4.78 is 1.05. The highest BCUT2D eigenvalue weighted by Gasteiger charge is 2.18. The maximum absolute atomic E-state index is 11.8. The number of fused-ring (bicyclic) bond motifs is 1. The van der Waals surface area contributed by atoms with Crippen molar-refractivity contribution in [2.75, 3.05) is 14.1 Å². The highest BCUT2D eigenvalue weighted by molar-refractivity contribution is 8.00. The largest absolute Gasteiger partial charge is 0.348 e. The lowest BCUT2D eigenvalue weighted by molar-refractivity contribution is -0.127. The van der Waals surface area contributed by atoms with Crippen LogP contribution in [0.25, 0.3) is 10.2 Å². The lowest BCUT2D eigenvalue weighted by atomic mass is 10.4. The van der Waals surface area contributed by atoms with Gasteiger partial charge in [-0.2, -0.15) is 0 Å². The lowest BCUT2D eigenvalue weighted by Crippen LogP contribution is -2.29. The highest BCUT2D eigenvalue weighted by Crippen LogP contribution is 2.31. The molecule has 2 aromatic heterocycles. The predicted octanol–water partition coefficient (Wildman–Crippen LogP) is 2.26. The summed E-state index contributed by atoms with van der Waals surface area (Å²) in [6.45, 7) is 1.90. The Balaban J connectivity index is 2.24. The van der Waals surface area contributed by atoms with E-state index in [0.717, 1.165) is 15.2 Å².